The molecule has 0 aliphatic carbocycles. The Bertz CT molecular complexity index is 409. The molecule has 29 heavy (non-hydrogen) atoms. The zero-order valence-corrected chi connectivity index (χ0v) is 19.3. The van der Waals surface area contributed by atoms with Gasteiger partial charge in [-0.15, -0.1) is 0 Å². The van der Waals surface area contributed by atoms with E-state index >= 15 is 0 Å². The number of Topliss-reactive ketones (excluding diaryl/α,β-unsaturated/α-hetero) is 1. The monoisotopic (exact) mass is 413 g/mol. The lowest BCUT2D eigenvalue weighted by molar-refractivity contribution is -0.119. The van der Waals surface area contributed by atoms with Gasteiger partial charge in [-0.3, -0.25) is 4.79 Å². The van der Waals surface area contributed by atoms with Crippen LogP contribution in [-0.2, 0) is 9.53 Å². The molecule has 0 spiro atoms. The fraction of sp³-hybridized carbons (Fsp3) is 0.913. The smallest absolute Gasteiger partial charge is 0.407 e. The van der Waals surface area contributed by atoms with Gasteiger partial charge < -0.3 is 21.1 Å². The van der Waals surface area contributed by atoms with Gasteiger partial charge in [-0.1, -0.05) is 38.5 Å². The maximum atomic E-state index is 11.9. The average molecular weight is 414 g/mol. The summed E-state index contributed by atoms with van der Waals surface area (Å²) in [5.41, 5.74) is 5.00. The Morgan fingerprint density at radius 1 is 0.724 bits per heavy atom. The maximum Gasteiger partial charge on any atom is 0.407 e. The molecule has 6 heteroatoms. The van der Waals surface area contributed by atoms with Gasteiger partial charge in [-0.2, -0.15) is 0 Å². The van der Waals surface area contributed by atoms with Gasteiger partial charge in [0, 0.05) is 19.4 Å². The molecular formula is C23H47N3O3. The molecule has 0 rings (SSSR count). The van der Waals surface area contributed by atoms with Crippen LogP contribution in [0.15, 0.2) is 0 Å². The Hall–Kier alpha value is -1.14. The molecule has 172 valence electrons. The number of rotatable bonds is 19. The van der Waals surface area contributed by atoms with Gasteiger partial charge in [0.1, 0.15) is 11.4 Å². The topological polar surface area (TPSA) is 93.4 Å². The Morgan fingerprint density at radius 3 is 1.79 bits per heavy atom. The van der Waals surface area contributed by atoms with Crippen LogP contribution in [0.5, 0.6) is 0 Å². The predicted octanol–water partition coefficient (Wildman–Crippen LogP) is 4.70. The molecular weight excluding hydrogens is 366 g/mol. The van der Waals surface area contributed by atoms with Crippen LogP contribution in [0.25, 0.3) is 0 Å². The van der Waals surface area contributed by atoms with Crippen LogP contribution >= 0.6 is 0 Å². The Balaban J connectivity index is 3.29. The van der Waals surface area contributed by atoms with Crippen molar-refractivity contribution >= 4 is 11.9 Å². The highest BCUT2D eigenvalue weighted by molar-refractivity contribution is 5.78. The van der Waals surface area contributed by atoms with Crippen molar-refractivity contribution in [1.29, 1.82) is 0 Å². The van der Waals surface area contributed by atoms with Crippen LogP contribution in [0.1, 0.15) is 104 Å². The minimum atomic E-state index is -0.460. The SMILES string of the molecule is CC(C)(C)OC(=O)NCCCCCC(=O)CCCCCCCCCNCCCN. The number of carbonyl (C=O) groups excluding carboxylic acids is 2. The van der Waals surface area contributed by atoms with Crippen LogP contribution in [0.2, 0.25) is 0 Å². The van der Waals surface area contributed by atoms with E-state index in [4.69, 9.17) is 10.5 Å². The molecule has 0 aliphatic heterocycles. The molecule has 0 aliphatic rings. The minimum absolute atomic E-state index is 0.368. The summed E-state index contributed by atoms with van der Waals surface area (Å²) in [5.74, 6) is 0.383. The van der Waals surface area contributed by atoms with E-state index in [9.17, 15) is 9.59 Å². The highest BCUT2D eigenvalue weighted by Crippen LogP contribution is 2.11. The lowest BCUT2D eigenvalue weighted by Crippen LogP contribution is -2.32. The number of unbranched alkanes of at least 4 members (excludes halogenated alkanes) is 8. The summed E-state index contributed by atoms with van der Waals surface area (Å²) in [4.78, 5) is 23.4. The van der Waals surface area contributed by atoms with Crippen molar-refractivity contribution in [2.45, 2.75) is 110 Å². The zero-order valence-electron chi connectivity index (χ0n) is 19.3. The van der Waals surface area contributed by atoms with Crippen LogP contribution in [0.4, 0.5) is 4.79 Å². The van der Waals surface area contributed by atoms with Crippen molar-refractivity contribution in [2.24, 2.45) is 5.73 Å². The summed E-state index contributed by atoms with van der Waals surface area (Å²) in [6.07, 6.45) is 13.4. The third-order valence-electron chi connectivity index (χ3n) is 4.67. The van der Waals surface area contributed by atoms with E-state index in [2.05, 4.69) is 10.6 Å². The third kappa shape index (κ3) is 23.0. The van der Waals surface area contributed by atoms with Crippen molar-refractivity contribution in [3.05, 3.63) is 0 Å². The maximum absolute atomic E-state index is 11.9. The zero-order chi connectivity index (χ0) is 21.8. The molecule has 4 N–H and O–H groups in total. The molecule has 0 fully saturated rings. The highest BCUT2D eigenvalue weighted by Gasteiger charge is 2.15. The first-order valence-corrected chi connectivity index (χ1v) is 11.7. The van der Waals surface area contributed by atoms with Crippen LogP contribution in [0, 0.1) is 0 Å². The number of ether oxygens (including phenoxy) is 1. The predicted molar refractivity (Wildman–Crippen MR) is 121 cm³/mol. The number of carbonyl (C=O) groups is 2. The van der Waals surface area contributed by atoms with Gasteiger partial charge >= 0.3 is 6.09 Å². The second-order valence-corrected chi connectivity index (χ2v) is 8.90. The van der Waals surface area contributed by atoms with Crippen molar-refractivity contribution < 1.29 is 14.3 Å². The summed E-state index contributed by atoms with van der Waals surface area (Å²) >= 11 is 0. The van der Waals surface area contributed by atoms with Crippen LogP contribution in [0.3, 0.4) is 0 Å². The Labute approximate surface area is 179 Å². The molecule has 0 aromatic carbocycles. The van der Waals surface area contributed by atoms with Gasteiger partial charge in [0.25, 0.3) is 0 Å². The molecule has 0 saturated heterocycles. The first-order valence-electron chi connectivity index (χ1n) is 11.7. The number of ketones is 1. The normalized spacial score (nSPS) is 11.4. The van der Waals surface area contributed by atoms with E-state index in [0.29, 0.717) is 18.7 Å². The number of amides is 1. The van der Waals surface area contributed by atoms with Crippen molar-refractivity contribution in [3.63, 3.8) is 0 Å². The van der Waals surface area contributed by atoms with E-state index in [1.807, 2.05) is 20.8 Å². The van der Waals surface area contributed by atoms with Gasteiger partial charge in [0.05, 0.1) is 0 Å². The number of hydrogen-bond donors (Lipinski definition) is 3. The molecule has 0 aromatic rings. The van der Waals surface area contributed by atoms with E-state index in [1.54, 1.807) is 0 Å². The molecule has 0 unspecified atom stereocenters. The van der Waals surface area contributed by atoms with Crippen molar-refractivity contribution in [1.82, 2.24) is 10.6 Å². The second kappa shape index (κ2) is 18.9. The van der Waals surface area contributed by atoms with Gasteiger partial charge in [-0.05, 0) is 72.5 Å². The van der Waals surface area contributed by atoms with Crippen LogP contribution in [-0.4, -0.2) is 43.7 Å². The molecule has 1 amide bonds. The first-order chi connectivity index (χ1) is 13.8. The fourth-order valence-corrected chi connectivity index (χ4v) is 3.06. The molecule has 0 saturated carbocycles. The quantitative estimate of drug-likeness (QED) is 0.267. The standard InChI is InChI=1S/C23H47N3O3/c1-23(2,3)29-22(28)26-20-13-9-11-16-21(27)15-10-7-5-4-6-8-12-18-25-19-14-17-24/h25H,4-20,24H2,1-3H3,(H,26,28). The van der Waals surface area contributed by atoms with Gasteiger partial charge in [0.15, 0.2) is 0 Å². The molecule has 0 aromatic heterocycles. The number of nitrogens with two attached hydrogens (primary N) is 1. The van der Waals surface area contributed by atoms with Crippen molar-refractivity contribution in [3.8, 4) is 0 Å². The summed E-state index contributed by atoms with van der Waals surface area (Å²) < 4.78 is 5.18. The third-order valence-corrected chi connectivity index (χ3v) is 4.67. The summed E-state index contributed by atoms with van der Waals surface area (Å²) in [7, 11) is 0. The Morgan fingerprint density at radius 2 is 1.21 bits per heavy atom. The number of hydrogen-bond acceptors (Lipinski definition) is 5. The Kier molecular flexibility index (Phi) is 18.1. The van der Waals surface area contributed by atoms with Crippen LogP contribution < -0.4 is 16.4 Å². The molecule has 0 heterocycles. The lowest BCUT2D eigenvalue weighted by Gasteiger charge is -2.19. The average Bonchev–Trinajstić information content (AvgIpc) is 2.64. The van der Waals surface area contributed by atoms with E-state index in [0.717, 1.165) is 58.2 Å². The minimum Gasteiger partial charge on any atom is -0.444 e. The van der Waals surface area contributed by atoms with Gasteiger partial charge in [0.2, 0.25) is 0 Å². The van der Waals surface area contributed by atoms with E-state index < -0.39 is 5.60 Å². The molecule has 6 nitrogen and oxygen atoms in total. The highest BCUT2D eigenvalue weighted by atomic mass is 16.6. The number of nitrogens with one attached hydrogen (secondary N) is 2. The fourth-order valence-electron chi connectivity index (χ4n) is 3.06. The lowest BCUT2D eigenvalue weighted by atomic mass is 10.0. The summed E-state index contributed by atoms with van der Waals surface area (Å²) in [6, 6.07) is 0. The van der Waals surface area contributed by atoms with E-state index in [1.165, 1.54) is 38.5 Å². The number of alkyl carbamates (subject to hydrolysis) is 1. The first kappa shape index (κ1) is 27.9. The molecule has 0 bridgehead atoms. The van der Waals surface area contributed by atoms with Crippen molar-refractivity contribution in [2.75, 3.05) is 26.2 Å². The van der Waals surface area contributed by atoms with E-state index in [-0.39, 0.29) is 6.09 Å². The summed E-state index contributed by atoms with van der Waals surface area (Å²) in [5, 5.41) is 6.16. The molecule has 0 radical (unpaired) electrons. The second-order valence-electron chi connectivity index (χ2n) is 8.90. The largest absolute Gasteiger partial charge is 0.444 e. The molecule has 0 atom stereocenters. The van der Waals surface area contributed by atoms with Gasteiger partial charge in [-0.25, -0.2) is 4.79 Å². The summed E-state index contributed by atoms with van der Waals surface area (Å²) in [6.45, 7) is 9.06.